The number of methoxy groups -OCH3 is 2. The van der Waals surface area contributed by atoms with Crippen molar-refractivity contribution in [2.75, 3.05) is 19.5 Å². The van der Waals surface area contributed by atoms with Gasteiger partial charge in [0.2, 0.25) is 5.91 Å². The molecule has 0 saturated carbocycles. The molecule has 1 aliphatic rings. The largest absolute Gasteiger partial charge is 0.493 e. The van der Waals surface area contributed by atoms with E-state index >= 15 is 0 Å². The lowest BCUT2D eigenvalue weighted by atomic mass is 10.0. The number of hydrogen-bond donors (Lipinski definition) is 2. The number of aromatic amines is 1. The van der Waals surface area contributed by atoms with Gasteiger partial charge in [0.05, 0.1) is 19.9 Å². The number of fused-ring (bicyclic) bond motifs is 2. The first-order valence-electron chi connectivity index (χ1n) is 8.77. The van der Waals surface area contributed by atoms with E-state index < -0.39 is 6.04 Å². The number of nitrogens with zero attached hydrogens (tertiary/aromatic N) is 1. The first kappa shape index (κ1) is 17.1. The van der Waals surface area contributed by atoms with Gasteiger partial charge in [-0.05, 0) is 24.6 Å². The molecule has 2 N–H and O–H groups in total. The lowest BCUT2D eigenvalue weighted by molar-refractivity contribution is -0.117. The van der Waals surface area contributed by atoms with Gasteiger partial charge in [-0.1, -0.05) is 18.2 Å². The topological polar surface area (TPSA) is 75.7 Å². The molecule has 3 aromatic rings. The van der Waals surface area contributed by atoms with E-state index in [1.807, 2.05) is 37.4 Å². The summed E-state index contributed by atoms with van der Waals surface area (Å²) in [4.78, 5) is 20.8. The molecule has 0 spiro atoms. The van der Waals surface area contributed by atoms with Gasteiger partial charge in [0.25, 0.3) is 0 Å². The smallest absolute Gasteiger partial charge is 0.249 e. The number of ether oxygens (including phenoxy) is 2. The normalized spacial score (nSPS) is 16.3. The van der Waals surface area contributed by atoms with E-state index in [0.717, 1.165) is 27.7 Å². The minimum Gasteiger partial charge on any atom is -0.493 e. The molecule has 4 rings (SSSR count). The fourth-order valence-electron chi connectivity index (χ4n) is 3.51. The van der Waals surface area contributed by atoms with Crippen molar-refractivity contribution in [1.29, 1.82) is 0 Å². The van der Waals surface area contributed by atoms with Gasteiger partial charge < -0.3 is 19.8 Å². The summed E-state index contributed by atoms with van der Waals surface area (Å²) in [6.45, 7) is 1.91. The fraction of sp³-hybridized carbons (Fsp3) is 0.238. The summed E-state index contributed by atoms with van der Waals surface area (Å²) >= 11 is 0. The second kappa shape index (κ2) is 6.79. The molecule has 0 radical (unpaired) electrons. The number of aromatic nitrogens is 1. The van der Waals surface area contributed by atoms with Crippen molar-refractivity contribution >= 4 is 28.2 Å². The van der Waals surface area contributed by atoms with Crippen LogP contribution in [0.5, 0.6) is 11.5 Å². The molecule has 1 aliphatic heterocycles. The first-order valence-corrected chi connectivity index (χ1v) is 8.77. The number of carbonyl (C=O) groups is 1. The van der Waals surface area contributed by atoms with Crippen LogP contribution in [0.2, 0.25) is 0 Å². The quantitative estimate of drug-likeness (QED) is 0.744. The van der Waals surface area contributed by atoms with Gasteiger partial charge in [-0.15, -0.1) is 0 Å². The number of benzene rings is 2. The SMILES string of the molecule is COc1cc2c(cc1OC)C(C)=NC(Cc1c[nH]c3ccccc13)C(=O)N2. The zero-order valence-corrected chi connectivity index (χ0v) is 15.5. The predicted octanol–water partition coefficient (Wildman–Crippen LogP) is 3.56. The lowest BCUT2D eigenvalue weighted by Gasteiger charge is -2.13. The van der Waals surface area contributed by atoms with Crippen LogP contribution in [0.4, 0.5) is 5.69 Å². The molecular weight excluding hydrogens is 342 g/mol. The Kier molecular flexibility index (Phi) is 4.32. The van der Waals surface area contributed by atoms with E-state index in [-0.39, 0.29) is 5.91 Å². The maximum Gasteiger partial charge on any atom is 0.249 e. The van der Waals surface area contributed by atoms with Gasteiger partial charge in [-0.2, -0.15) is 0 Å². The standard InChI is InChI=1S/C21H21N3O3/c1-12-15-9-19(26-2)20(27-3)10-17(15)24-21(25)18(23-12)8-13-11-22-16-7-5-4-6-14(13)16/h4-7,9-11,18,22H,8H2,1-3H3,(H,24,25). The summed E-state index contributed by atoms with van der Waals surface area (Å²) in [6.07, 6.45) is 2.47. The Hall–Kier alpha value is -3.28. The second-order valence-corrected chi connectivity index (χ2v) is 6.54. The van der Waals surface area contributed by atoms with Crippen LogP contribution in [0.1, 0.15) is 18.1 Å². The average molecular weight is 363 g/mol. The number of rotatable bonds is 4. The summed E-state index contributed by atoms with van der Waals surface area (Å²) in [5.41, 5.74) is 4.43. The molecule has 1 amide bonds. The number of carbonyl (C=O) groups excluding carboxylic acids is 1. The molecule has 0 fully saturated rings. The Balaban J connectivity index is 1.70. The Labute approximate surface area is 157 Å². The van der Waals surface area contributed by atoms with Crippen molar-refractivity contribution in [3.63, 3.8) is 0 Å². The van der Waals surface area contributed by atoms with Gasteiger partial charge in [0.1, 0.15) is 6.04 Å². The van der Waals surface area contributed by atoms with E-state index in [4.69, 9.17) is 14.5 Å². The highest BCUT2D eigenvalue weighted by Crippen LogP contribution is 2.35. The maximum absolute atomic E-state index is 12.8. The van der Waals surface area contributed by atoms with Crippen LogP contribution in [-0.2, 0) is 11.2 Å². The molecule has 6 heteroatoms. The summed E-state index contributed by atoms with van der Waals surface area (Å²) in [7, 11) is 3.16. The van der Waals surface area contributed by atoms with Crippen LogP contribution in [-0.4, -0.2) is 36.9 Å². The molecule has 27 heavy (non-hydrogen) atoms. The number of aliphatic imine (C=N–C) groups is 1. The van der Waals surface area contributed by atoms with Crippen molar-refractivity contribution in [3.8, 4) is 11.5 Å². The van der Waals surface area contributed by atoms with Gasteiger partial charge >= 0.3 is 0 Å². The van der Waals surface area contributed by atoms with Crippen LogP contribution in [0.3, 0.4) is 0 Å². The number of nitrogens with one attached hydrogen (secondary N) is 2. The van der Waals surface area contributed by atoms with E-state index in [0.29, 0.717) is 23.6 Å². The minimum absolute atomic E-state index is 0.134. The predicted molar refractivity (Wildman–Crippen MR) is 106 cm³/mol. The molecule has 0 saturated heterocycles. The van der Waals surface area contributed by atoms with Crippen molar-refractivity contribution in [2.45, 2.75) is 19.4 Å². The molecule has 1 unspecified atom stereocenters. The third-order valence-electron chi connectivity index (χ3n) is 4.91. The summed E-state index contributed by atoms with van der Waals surface area (Å²) in [5, 5.41) is 4.10. The molecule has 6 nitrogen and oxygen atoms in total. The summed E-state index contributed by atoms with van der Waals surface area (Å²) in [6, 6.07) is 11.2. The third kappa shape index (κ3) is 3.03. The van der Waals surface area contributed by atoms with Crippen LogP contribution >= 0.6 is 0 Å². The van der Waals surface area contributed by atoms with Gasteiger partial charge in [0, 0.05) is 40.9 Å². The molecule has 2 aromatic carbocycles. The molecular formula is C21H21N3O3. The van der Waals surface area contributed by atoms with E-state index in [1.165, 1.54) is 0 Å². The molecule has 0 aliphatic carbocycles. The molecule has 2 heterocycles. The molecule has 1 atom stereocenters. The highest BCUT2D eigenvalue weighted by atomic mass is 16.5. The Morgan fingerprint density at radius 1 is 1.11 bits per heavy atom. The summed E-state index contributed by atoms with van der Waals surface area (Å²) in [5.74, 6) is 1.04. The third-order valence-corrected chi connectivity index (χ3v) is 4.91. The minimum atomic E-state index is -0.506. The van der Waals surface area contributed by atoms with Gasteiger partial charge in [-0.25, -0.2) is 0 Å². The summed E-state index contributed by atoms with van der Waals surface area (Å²) < 4.78 is 10.7. The number of anilines is 1. The van der Waals surface area contributed by atoms with E-state index in [2.05, 4.69) is 16.4 Å². The van der Waals surface area contributed by atoms with Crippen molar-refractivity contribution < 1.29 is 14.3 Å². The Bertz CT molecular complexity index is 1050. The van der Waals surface area contributed by atoms with E-state index in [1.54, 1.807) is 20.3 Å². The average Bonchev–Trinajstić information content (AvgIpc) is 3.04. The molecule has 1 aromatic heterocycles. The maximum atomic E-state index is 12.8. The van der Waals surface area contributed by atoms with E-state index in [9.17, 15) is 4.79 Å². The molecule has 138 valence electrons. The zero-order chi connectivity index (χ0) is 19.0. The van der Waals surface area contributed by atoms with Crippen molar-refractivity contribution in [3.05, 3.63) is 53.7 Å². The number of para-hydroxylation sites is 1. The number of benzodiazepines with no additional fused rings is 1. The fourth-order valence-corrected chi connectivity index (χ4v) is 3.51. The second-order valence-electron chi connectivity index (χ2n) is 6.54. The monoisotopic (exact) mass is 363 g/mol. The number of amides is 1. The van der Waals surface area contributed by atoms with Crippen molar-refractivity contribution in [1.82, 2.24) is 4.98 Å². The zero-order valence-electron chi connectivity index (χ0n) is 15.5. The Morgan fingerprint density at radius 3 is 2.63 bits per heavy atom. The van der Waals surface area contributed by atoms with Gasteiger partial charge in [0.15, 0.2) is 11.5 Å². The van der Waals surface area contributed by atoms with Crippen molar-refractivity contribution in [2.24, 2.45) is 4.99 Å². The van der Waals surface area contributed by atoms with Gasteiger partial charge in [-0.3, -0.25) is 9.79 Å². The molecule has 0 bridgehead atoms. The van der Waals surface area contributed by atoms with Crippen LogP contribution in [0.15, 0.2) is 47.6 Å². The van der Waals surface area contributed by atoms with Crippen LogP contribution < -0.4 is 14.8 Å². The van der Waals surface area contributed by atoms with Crippen LogP contribution in [0.25, 0.3) is 10.9 Å². The highest BCUT2D eigenvalue weighted by molar-refractivity contribution is 6.11. The lowest BCUT2D eigenvalue weighted by Crippen LogP contribution is -2.27. The highest BCUT2D eigenvalue weighted by Gasteiger charge is 2.26. The Morgan fingerprint density at radius 2 is 1.85 bits per heavy atom. The number of H-pyrrole nitrogens is 1. The van der Waals surface area contributed by atoms with Crippen LogP contribution in [0, 0.1) is 0 Å². The first-order chi connectivity index (χ1) is 13.1. The number of hydrogen-bond acceptors (Lipinski definition) is 4.